The molecule has 0 radical (unpaired) electrons. The van der Waals surface area contributed by atoms with Crippen molar-refractivity contribution in [3.05, 3.63) is 96.7 Å². The molecule has 27 heavy (non-hydrogen) atoms. The predicted molar refractivity (Wildman–Crippen MR) is 102 cm³/mol. The number of rotatable bonds is 4. The van der Waals surface area contributed by atoms with Gasteiger partial charge in [0.2, 0.25) is 0 Å². The van der Waals surface area contributed by atoms with Crippen molar-refractivity contribution in [1.29, 1.82) is 0 Å². The maximum Gasteiger partial charge on any atom is 0.263 e. The lowest BCUT2D eigenvalue weighted by Gasteiger charge is -2.18. The molecule has 4 rings (SSSR count). The van der Waals surface area contributed by atoms with E-state index in [2.05, 4.69) is 5.10 Å². The van der Waals surface area contributed by atoms with E-state index in [1.807, 2.05) is 59.4 Å². The number of anilines is 1. The van der Waals surface area contributed by atoms with Gasteiger partial charge in [0.15, 0.2) is 5.82 Å². The second kappa shape index (κ2) is 6.92. The Morgan fingerprint density at radius 1 is 0.963 bits per heavy atom. The van der Waals surface area contributed by atoms with Crippen LogP contribution in [0.3, 0.4) is 0 Å². The standard InChI is InChI=1S/C21H17FN4O/c1-24(17-7-3-2-4-8-17)21(27)19-15-23-26(18-11-9-16(22)10-12-18)20(19)25-13-5-6-14-25/h2-15H,1H3. The van der Waals surface area contributed by atoms with Crippen LogP contribution in [0.4, 0.5) is 10.1 Å². The van der Waals surface area contributed by atoms with Crippen LogP contribution in [-0.4, -0.2) is 27.3 Å². The third kappa shape index (κ3) is 3.13. The van der Waals surface area contributed by atoms with Crippen molar-refractivity contribution in [3.63, 3.8) is 0 Å². The van der Waals surface area contributed by atoms with Crippen LogP contribution in [0.25, 0.3) is 11.5 Å². The fraction of sp³-hybridized carbons (Fsp3) is 0.0476. The summed E-state index contributed by atoms with van der Waals surface area (Å²) in [7, 11) is 1.73. The van der Waals surface area contributed by atoms with Gasteiger partial charge in [0.1, 0.15) is 11.4 Å². The molecule has 134 valence electrons. The zero-order valence-electron chi connectivity index (χ0n) is 14.7. The molecule has 5 nitrogen and oxygen atoms in total. The van der Waals surface area contributed by atoms with E-state index in [9.17, 15) is 9.18 Å². The van der Waals surface area contributed by atoms with Gasteiger partial charge in [-0.3, -0.25) is 4.79 Å². The van der Waals surface area contributed by atoms with E-state index in [1.165, 1.54) is 12.1 Å². The number of para-hydroxylation sites is 1. The highest BCUT2D eigenvalue weighted by atomic mass is 19.1. The summed E-state index contributed by atoms with van der Waals surface area (Å²) >= 11 is 0. The van der Waals surface area contributed by atoms with Crippen molar-refractivity contribution in [2.45, 2.75) is 0 Å². The van der Waals surface area contributed by atoms with Gasteiger partial charge >= 0.3 is 0 Å². The Bertz CT molecular complexity index is 1050. The van der Waals surface area contributed by atoms with Crippen molar-refractivity contribution in [1.82, 2.24) is 14.3 Å². The first-order valence-electron chi connectivity index (χ1n) is 8.45. The Kier molecular flexibility index (Phi) is 4.30. The van der Waals surface area contributed by atoms with E-state index < -0.39 is 0 Å². The molecule has 2 heterocycles. The van der Waals surface area contributed by atoms with Crippen LogP contribution >= 0.6 is 0 Å². The fourth-order valence-electron chi connectivity index (χ4n) is 2.94. The lowest BCUT2D eigenvalue weighted by molar-refractivity contribution is 0.0993. The Balaban J connectivity index is 1.82. The van der Waals surface area contributed by atoms with Crippen LogP contribution in [-0.2, 0) is 0 Å². The second-order valence-corrected chi connectivity index (χ2v) is 6.06. The third-order valence-corrected chi connectivity index (χ3v) is 4.34. The SMILES string of the molecule is CN(C(=O)c1cnn(-c2ccc(F)cc2)c1-n1cccc1)c1ccccc1. The van der Waals surface area contributed by atoms with Crippen LogP contribution in [0.1, 0.15) is 10.4 Å². The van der Waals surface area contributed by atoms with Crippen LogP contribution in [0, 0.1) is 5.82 Å². The van der Waals surface area contributed by atoms with E-state index in [-0.39, 0.29) is 11.7 Å². The summed E-state index contributed by atoms with van der Waals surface area (Å²) in [5, 5.41) is 4.40. The molecule has 0 bridgehead atoms. The van der Waals surface area contributed by atoms with E-state index in [0.717, 1.165) is 5.69 Å². The van der Waals surface area contributed by atoms with Gasteiger partial charge in [-0.25, -0.2) is 9.07 Å². The highest BCUT2D eigenvalue weighted by Gasteiger charge is 2.23. The summed E-state index contributed by atoms with van der Waals surface area (Å²) in [5.41, 5.74) is 1.90. The van der Waals surface area contributed by atoms with E-state index in [1.54, 1.807) is 35.0 Å². The van der Waals surface area contributed by atoms with E-state index >= 15 is 0 Å². The topological polar surface area (TPSA) is 43.1 Å². The maximum absolute atomic E-state index is 13.3. The Labute approximate surface area is 155 Å². The molecule has 1 amide bonds. The maximum atomic E-state index is 13.3. The minimum absolute atomic E-state index is 0.182. The number of hydrogen-bond donors (Lipinski definition) is 0. The summed E-state index contributed by atoms with van der Waals surface area (Å²) in [6, 6.07) is 19.2. The minimum Gasteiger partial charge on any atom is -0.311 e. The zero-order valence-corrected chi connectivity index (χ0v) is 14.7. The van der Waals surface area contributed by atoms with Gasteiger partial charge in [-0.2, -0.15) is 5.10 Å². The molecule has 0 saturated carbocycles. The van der Waals surface area contributed by atoms with Crippen molar-refractivity contribution < 1.29 is 9.18 Å². The average Bonchev–Trinajstić information content (AvgIpc) is 3.37. The van der Waals surface area contributed by atoms with E-state index in [4.69, 9.17) is 0 Å². The number of halogens is 1. The van der Waals surface area contributed by atoms with Gasteiger partial charge in [-0.1, -0.05) is 18.2 Å². The number of nitrogens with zero attached hydrogens (tertiary/aromatic N) is 4. The molecule has 2 aromatic heterocycles. The Morgan fingerprint density at radius 3 is 2.30 bits per heavy atom. The number of benzene rings is 2. The first-order chi connectivity index (χ1) is 13.1. The van der Waals surface area contributed by atoms with Gasteiger partial charge in [0, 0.05) is 25.1 Å². The molecule has 0 atom stereocenters. The highest BCUT2D eigenvalue weighted by Crippen LogP contribution is 2.23. The molecule has 2 aromatic carbocycles. The van der Waals surface area contributed by atoms with Crippen LogP contribution in [0.5, 0.6) is 0 Å². The molecule has 0 aliphatic carbocycles. The normalized spacial score (nSPS) is 10.7. The van der Waals surface area contributed by atoms with Crippen LogP contribution < -0.4 is 4.90 Å². The van der Waals surface area contributed by atoms with Crippen molar-refractivity contribution in [2.24, 2.45) is 0 Å². The average molecular weight is 360 g/mol. The molecule has 0 saturated heterocycles. The molecular weight excluding hydrogens is 343 g/mol. The number of aromatic nitrogens is 3. The molecule has 4 aromatic rings. The molecule has 0 aliphatic rings. The predicted octanol–water partition coefficient (Wildman–Crippen LogP) is 4.08. The van der Waals surface area contributed by atoms with Crippen molar-refractivity contribution >= 4 is 11.6 Å². The number of carbonyl (C=O) groups excluding carboxylic acids is 1. The lowest BCUT2D eigenvalue weighted by atomic mass is 10.2. The molecule has 0 fully saturated rings. The second-order valence-electron chi connectivity index (χ2n) is 6.06. The number of amides is 1. The number of carbonyl (C=O) groups is 1. The Morgan fingerprint density at radius 2 is 1.63 bits per heavy atom. The highest BCUT2D eigenvalue weighted by molar-refractivity contribution is 6.07. The largest absolute Gasteiger partial charge is 0.311 e. The molecule has 0 unspecified atom stereocenters. The van der Waals surface area contributed by atoms with Crippen molar-refractivity contribution in [2.75, 3.05) is 11.9 Å². The first-order valence-corrected chi connectivity index (χ1v) is 8.45. The molecule has 6 heteroatoms. The first kappa shape index (κ1) is 16.8. The van der Waals surface area contributed by atoms with Crippen LogP contribution in [0.2, 0.25) is 0 Å². The van der Waals surface area contributed by atoms with Gasteiger partial charge in [0.05, 0.1) is 11.9 Å². The van der Waals surface area contributed by atoms with Gasteiger partial charge in [0.25, 0.3) is 5.91 Å². The lowest BCUT2D eigenvalue weighted by Crippen LogP contribution is -2.27. The summed E-state index contributed by atoms with van der Waals surface area (Å²) in [6.45, 7) is 0. The monoisotopic (exact) mass is 360 g/mol. The molecule has 0 spiro atoms. The van der Waals surface area contributed by atoms with E-state index in [0.29, 0.717) is 17.1 Å². The summed E-state index contributed by atoms with van der Waals surface area (Å²) in [5.74, 6) is 0.0891. The molecular formula is C21H17FN4O. The van der Waals surface area contributed by atoms with Gasteiger partial charge in [-0.15, -0.1) is 0 Å². The minimum atomic E-state index is -0.325. The summed E-state index contributed by atoms with van der Waals surface area (Å²) < 4.78 is 16.8. The zero-order chi connectivity index (χ0) is 18.8. The van der Waals surface area contributed by atoms with Gasteiger partial charge < -0.3 is 9.47 Å². The Hall–Kier alpha value is -3.67. The molecule has 0 N–H and O–H groups in total. The summed E-state index contributed by atoms with van der Waals surface area (Å²) in [4.78, 5) is 14.7. The van der Waals surface area contributed by atoms with Crippen LogP contribution in [0.15, 0.2) is 85.3 Å². The summed E-state index contributed by atoms with van der Waals surface area (Å²) in [6.07, 6.45) is 5.23. The quantitative estimate of drug-likeness (QED) is 0.550. The number of hydrogen-bond acceptors (Lipinski definition) is 2. The van der Waals surface area contributed by atoms with Gasteiger partial charge in [-0.05, 0) is 48.5 Å². The third-order valence-electron chi connectivity index (χ3n) is 4.34. The fourth-order valence-corrected chi connectivity index (χ4v) is 2.94. The molecule has 0 aliphatic heterocycles. The smallest absolute Gasteiger partial charge is 0.263 e. The van der Waals surface area contributed by atoms with Crippen molar-refractivity contribution in [3.8, 4) is 11.5 Å².